The average molecular weight is 519 g/mol. The van der Waals surface area contributed by atoms with E-state index in [0.717, 1.165) is 31.0 Å². The van der Waals surface area contributed by atoms with Crippen LogP contribution in [0, 0.1) is 0 Å². The summed E-state index contributed by atoms with van der Waals surface area (Å²) in [6.07, 6.45) is -2.98. The predicted octanol–water partition coefficient (Wildman–Crippen LogP) is 4.44. The molecule has 0 heterocycles. The van der Waals surface area contributed by atoms with Gasteiger partial charge < -0.3 is 23.9 Å². The van der Waals surface area contributed by atoms with Crippen molar-refractivity contribution < 1.29 is 40.0 Å². The van der Waals surface area contributed by atoms with Crippen LogP contribution in [0.2, 0.25) is 0 Å². The minimum absolute atomic E-state index is 0.0557. The van der Waals surface area contributed by atoms with Crippen molar-refractivity contribution in [3.05, 3.63) is 53.6 Å². The van der Waals surface area contributed by atoms with Gasteiger partial charge in [0.05, 0.1) is 19.3 Å². The van der Waals surface area contributed by atoms with Crippen molar-refractivity contribution in [1.82, 2.24) is 10.2 Å². The zero-order chi connectivity index (χ0) is 26.1. The molecule has 2 aromatic carbocycles. The smallest absolute Gasteiger partial charge is 0.416 e. The second-order valence-electron chi connectivity index (χ2n) is 7.55. The molecule has 0 radical (unpaired) electrons. The van der Waals surface area contributed by atoms with Gasteiger partial charge in [-0.1, -0.05) is 25.5 Å². The number of carbonyl (C=O) groups is 1. The van der Waals surface area contributed by atoms with Gasteiger partial charge in [-0.05, 0) is 42.3 Å². The summed E-state index contributed by atoms with van der Waals surface area (Å²) >= 11 is 0. The van der Waals surface area contributed by atoms with Gasteiger partial charge in [0.1, 0.15) is 4.90 Å². The van der Waals surface area contributed by atoms with Gasteiger partial charge in [0.25, 0.3) is 0 Å². The zero-order valence-electron chi connectivity index (χ0n) is 19.7. The van der Waals surface area contributed by atoms with Crippen LogP contribution in [0.5, 0.6) is 11.5 Å². The SMILES string of the molecule is CCCCNC(=O)N(CCOC)Cc1ccc(OC)c(OS(=O)(=O)c2cccc(C(F)(F)F)c2)c1. The molecule has 8 nitrogen and oxygen atoms in total. The fourth-order valence-corrected chi connectivity index (χ4v) is 4.02. The molecule has 194 valence electrons. The van der Waals surface area contributed by atoms with Gasteiger partial charge in [0.15, 0.2) is 11.5 Å². The maximum Gasteiger partial charge on any atom is 0.416 e. The highest BCUT2D eigenvalue weighted by Crippen LogP contribution is 2.34. The number of rotatable bonds is 12. The van der Waals surface area contributed by atoms with Crippen molar-refractivity contribution in [1.29, 1.82) is 0 Å². The van der Waals surface area contributed by atoms with E-state index in [0.29, 0.717) is 18.2 Å². The molecule has 2 aromatic rings. The molecule has 0 aromatic heterocycles. The first kappa shape index (κ1) is 28.2. The number of halogens is 3. The minimum Gasteiger partial charge on any atom is -0.493 e. The zero-order valence-corrected chi connectivity index (χ0v) is 20.5. The first-order chi connectivity index (χ1) is 16.5. The maximum absolute atomic E-state index is 13.0. The molecule has 0 saturated heterocycles. The second kappa shape index (κ2) is 12.6. The van der Waals surface area contributed by atoms with Gasteiger partial charge in [-0.15, -0.1) is 0 Å². The summed E-state index contributed by atoms with van der Waals surface area (Å²) in [4.78, 5) is 13.4. The molecule has 0 aliphatic carbocycles. The van der Waals surface area contributed by atoms with E-state index in [1.54, 1.807) is 6.07 Å². The van der Waals surface area contributed by atoms with Crippen molar-refractivity contribution >= 4 is 16.1 Å². The Labute approximate surface area is 203 Å². The summed E-state index contributed by atoms with van der Waals surface area (Å²) in [5.74, 6) is -0.166. The van der Waals surface area contributed by atoms with Crippen LogP contribution in [0.25, 0.3) is 0 Å². The topological polar surface area (TPSA) is 94.2 Å². The number of benzene rings is 2. The van der Waals surface area contributed by atoms with Gasteiger partial charge in [0.2, 0.25) is 0 Å². The lowest BCUT2D eigenvalue weighted by Crippen LogP contribution is -2.41. The molecule has 0 unspecified atom stereocenters. The van der Waals surface area contributed by atoms with Gasteiger partial charge >= 0.3 is 22.3 Å². The molecule has 0 saturated carbocycles. The van der Waals surface area contributed by atoms with E-state index in [9.17, 15) is 26.4 Å². The van der Waals surface area contributed by atoms with Gasteiger partial charge in [-0.3, -0.25) is 0 Å². The van der Waals surface area contributed by atoms with Gasteiger partial charge in [-0.2, -0.15) is 21.6 Å². The Kier molecular flexibility index (Phi) is 10.2. The lowest BCUT2D eigenvalue weighted by Gasteiger charge is -2.23. The molecule has 0 aliphatic heterocycles. The number of hydrogen-bond acceptors (Lipinski definition) is 6. The van der Waals surface area contributed by atoms with Crippen LogP contribution in [0.1, 0.15) is 30.9 Å². The molecule has 0 aliphatic rings. The highest BCUT2D eigenvalue weighted by atomic mass is 32.2. The van der Waals surface area contributed by atoms with Crippen LogP contribution < -0.4 is 14.2 Å². The third-order valence-electron chi connectivity index (χ3n) is 4.91. The van der Waals surface area contributed by atoms with Crippen molar-refractivity contribution in [2.24, 2.45) is 0 Å². The van der Waals surface area contributed by atoms with E-state index in [-0.39, 0.29) is 37.2 Å². The summed E-state index contributed by atoms with van der Waals surface area (Å²) in [6, 6.07) is 7.39. The summed E-state index contributed by atoms with van der Waals surface area (Å²) in [5, 5.41) is 2.81. The van der Waals surface area contributed by atoms with E-state index >= 15 is 0 Å². The first-order valence-electron chi connectivity index (χ1n) is 10.8. The summed E-state index contributed by atoms with van der Waals surface area (Å²) in [6.45, 7) is 3.17. The molecule has 35 heavy (non-hydrogen) atoms. The van der Waals surface area contributed by atoms with E-state index in [1.807, 2.05) is 6.92 Å². The normalized spacial score (nSPS) is 11.7. The number of nitrogens with one attached hydrogen (secondary N) is 1. The lowest BCUT2D eigenvalue weighted by molar-refractivity contribution is -0.137. The molecular formula is C23H29F3N2O6S. The summed E-state index contributed by atoms with van der Waals surface area (Å²) in [7, 11) is -1.81. The van der Waals surface area contributed by atoms with Crippen LogP contribution in [-0.2, 0) is 27.6 Å². The highest BCUT2D eigenvalue weighted by molar-refractivity contribution is 7.87. The van der Waals surface area contributed by atoms with Crippen LogP contribution in [0.4, 0.5) is 18.0 Å². The molecule has 0 spiro atoms. The molecule has 12 heteroatoms. The van der Waals surface area contributed by atoms with Gasteiger partial charge in [-0.25, -0.2) is 4.79 Å². The number of nitrogens with zero attached hydrogens (tertiary/aromatic N) is 1. The third-order valence-corrected chi connectivity index (χ3v) is 6.14. The standard InChI is InChI=1S/C23H29F3N2O6S/c1-4-5-11-27-22(29)28(12-13-32-2)16-17-9-10-20(33-3)21(14-17)34-35(30,31)19-8-6-7-18(15-19)23(24,25)26/h6-10,14-15H,4-5,11-13,16H2,1-3H3,(H,27,29). The minimum atomic E-state index is -4.72. The van der Waals surface area contributed by atoms with Crippen LogP contribution in [0.15, 0.2) is 47.4 Å². The highest BCUT2D eigenvalue weighted by Gasteiger charge is 2.32. The number of carbonyl (C=O) groups excluding carboxylic acids is 1. The van der Waals surface area contributed by atoms with E-state index in [4.69, 9.17) is 13.7 Å². The number of methoxy groups -OCH3 is 2. The number of unbranched alkanes of at least 4 members (excludes halogenated alkanes) is 1. The largest absolute Gasteiger partial charge is 0.493 e. The predicted molar refractivity (Wildman–Crippen MR) is 123 cm³/mol. The fourth-order valence-electron chi connectivity index (χ4n) is 3.04. The van der Waals surface area contributed by atoms with E-state index in [1.165, 1.54) is 31.3 Å². The van der Waals surface area contributed by atoms with Crippen LogP contribution in [0.3, 0.4) is 0 Å². The van der Waals surface area contributed by atoms with Crippen molar-refractivity contribution in [3.63, 3.8) is 0 Å². The molecule has 1 N–H and O–H groups in total. The molecule has 2 amide bonds. The third kappa shape index (κ3) is 8.32. The number of ether oxygens (including phenoxy) is 2. The van der Waals surface area contributed by atoms with Crippen molar-refractivity contribution in [2.45, 2.75) is 37.4 Å². The molecule has 0 bridgehead atoms. The average Bonchev–Trinajstić information content (AvgIpc) is 2.81. The number of amides is 2. The van der Waals surface area contributed by atoms with Crippen molar-refractivity contribution in [2.75, 3.05) is 33.9 Å². The lowest BCUT2D eigenvalue weighted by atomic mass is 10.2. The molecule has 0 fully saturated rings. The quantitative estimate of drug-likeness (QED) is 0.330. The summed E-state index contributed by atoms with van der Waals surface area (Å²) in [5.41, 5.74) is -0.604. The maximum atomic E-state index is 13.0. The Morgan fingerprint density at radius 1 is 1.09 bits per heavy atom. The Morgan fingerprint density at radius 3 is 2.46 bits per heavy atom. The first-order valence-corrected chi connectivity index (χ1v) is 12.2. The molecular weight excluding hydrogens is 489 g/mol. The number of hydrogen-bond donors (Lipinski definition) is 1. The Hall–Kier alpha value is -2.99. The van der Waals surface area contributed by atoms with E-state index < -0.39 is 26.8 Å². The Bertz CT molecular complexity index is 1090. The van der Waals surface area contributed by atoms with Crippen LogP contribution in [-0.4, -0.2) is 53.3 Å². The van der Waals surface area contributed by atoms with E-state index in [2.05, 4.69) is 5.32 Å². The Balaban J connectivity index is 2.30. The second-order valence-corrected chi connectivity index (χ2v) is 9.09. The monoisotopic (exact) mass is 518 g/mol. The Morgan fingerprint density at radius 2 is 1.83 bits per heavy atom. The van der Waals surface area contributed by atoms with Gasteiger partial charge in [0, 0.05) is 26.7 Å². The van der Waals surface area contributed by atoms with Crippen molar-refractivity contribution in [3.8, 4) is 11.5 Å². The number of urea groups is 1. The number of alkyl halides is 3. The van der Waals surface area contributed by atoms with Crippen LogP contribution >= 0.6 is 0 Å². The summed E-state index contributed by atoms with van der Waals surface area (Å²) < 4.78 is 79.9. The fraction of sp³-hybridized carbons (Fsp3) is 0.435. The molecule has 0 atom stereocenters. The molecule has 2 rings (SSSR count).